The maximum absolute atomic E-state index is 6.06. The van der Waals surface area contributed by atoms with Crippen LogP contribution in [-0.4, -0.2) is 12.1 Å². The van der Waals surface area contributed by atoms with Gasteiger partial charge in [0.2, 0.25) is 11.9 Å². The molecular weight excluding hydrogens is 288 g/mol. The van der Waals surface area contributed by atoms with E-state index in [9.17, 15) is 0 Å². The molecule has 0 N–H and O–H groups in total. The van der Waals surface area contributed by atoms with Crippen molar-refractivity contribution in [2.75, 3.05) is 7.11 Å². The van der Waals surface area contributed by atoms with Crippen molar-refractivity contribution in [2.24, 2.45) is 0 Å². The van der Waals surface area contributed by atoms with Crippen LogP contribution < -0.4 is 14.3 Å². The third kappa shape index (κ3) is 2.90. The van der Waals surface area contributed by atoms with Crippen molar-refractivity contribution >= 4 is 22.6 Å². The van der Waals surface area contributed by atoms with Gasteiger partial charge in [-0.3, -0.25) is 4.84 Å². The first-order chi connectivity index (χ1) is 10.3. The maximum Gasteiger partial charge on any atom is 0.324 e. The Balaban J connectivity index is 2.00. The van der Waals surface area contributed by atoms with E-state index in [1.807, 2.05) is 42.5 Å². The van der Waals surface area contributed by atoms with Gasteiger partial charge in [0.25, 0.3) is 0 Å². The lowest BCUT2D eigenvalue weighted by Crippen LogP contribution is -2.41. The van der Waals surface area contributed by atoms with Crippen molar-refractivity contribution in [3.8, 4) is 5.75 Å². The fourth-order valence-corrected chi connectivity index (χ4v) is 2.32. The molecular formula is C16H14ClN2O2+. The first-order valence-electron chi connectivity index (χ1n) is 6.50. The summed E-state index contributed by atoms with van der Waals surface area (Å²) in [5, 5.41) is 0.388. The van der Waals surface area contributed by atoms with Crippen LogP contribution in [0, 0.1) is 0 Å². The van der Waals surface area contributed by atoms with E-state index in [-0.39, 0.29) is 0 Å². The zero-order valence-corrected chi connectivity index (χ0v) is 12.2. The maximum atomic E-state index is 6.06. The van der Waals surface area contributed by atoms with Gasteiger partial charge in [-0.15, -0.1) is 0 Å². The quantitative estimate of drug-likeness (QED) is 0.549. The summed E-state index contributed by atoms with van der Waals surface area (Å²) in [5.41, 5.74) is 2.55. The van der Waals surface area contributed by atoms with Crippen LogP contribution in [0.3, 0.4) is 0 Å². The molecule has 2 heterocycles. The molecule has 0 aliphatic carbocycles. The SMILES string of the molecule is CO[n+]1cccc2nc(Cl)cc(OCc3ccccc3)c21. The fourth-order valence-electron chi connectivity index (χ4n) is 2.13. The zero-order valence-electron chi connectivity index (χ0n) is 11.5. The van der Waals surface area contributed by atoms with Gasteiger partial charge >= 0.3 is 5.52 Å². The number of rotatable bonds is 4. The summed E-state index contributed by atoms with van der Waals surface area (Å²) in [5.74, 6) is 0.635. The van der Waals surface area contributed by atoms with Crippen molar-refractivity contribution in [2.45, 2.75) is 6.61 Å². The number of aromatic nitrogens is 2. The molecule has 1 aromatic carbocycles. The monoisotopic (exact) mass is 301 g/mol. The molecule has 3 aromatic rings. The molecule has 0 spiro atoms. The Hall–Kier alpha value is -2.33. The summed E-state index contributed by atoms with van der Waals surface area (Å²) in [4.78, 5) is 9.60. The van der Waals surface area contributed by atoms with Crippen molar-refractivity contribution in [1.29, 1.82) is 0 Å². The van der Waals surface area contributed by atoms with Crippen molar-refractivity contribution in [3.05, 3.63) is 65.4 Å². The van der Waals surface area contributed by atoms with Gasteiger partial charge < -0.3 is 4.74 Å². The lowest BCUT2D eigenvalue weighted by atomic mass is 10.2. The number of ether oxygens (including phenoxy) is 1. The molecule has 106 valence electrons. The fraction of sp³-hybridized carbons (Fsp3) is 0.125. The van der Waals surface area contributed by atoms with E-state index in [1.54, 1.807) is 24.1 Å². The largest absolute Gasteiger partial charge is 0.482 e. The Kier molecular flexibility index (Phi) is 3.88. The Morgan fingerprint density at radius 3 is 2.71 bits per heavy atom. The molecule has 2 aromatic heterocycles. The van der Waals surface area contributed by atoms with Gasteiger partial charge in [0.05, 0.1) is 0 Å². The molecule has 0 saturated carbocycles. The highest BCUT2D eigenvalue weighted by molar-refractivity contribution is 6.30. The number of nitrogens with zero attached hydrogens (tertiary/aromatic N) is 2. The molecule has 0 atom stereocenters. The number of hydrogen-bond donors (Lipinski definition) is 0. The molecule has 0 aliphatic heterocycles. The summed E-state index contributed by atoms with van der Waals surface area (Å²) in [6.45, 7) is 0.453. The van der Waals surface area contributed by atoms with Crippen molar-refractivity contribution < 1.29 is 14.3 Å². The lowest BCUT2D eigenvalue weighted by molar-refractivity contribution is -0.865. The highest BCUT2D eigenvalue weighted by atomic mass is 35.5. The van der Waals surface area contributed by atoms with E-state index >= 15 is 0 Å². The van der Waals surface area contributed by atoms with Gasteiger partial charge in [-0.25, -0.2) is 4.98 Å². The van der Waals surface area contributed by atoms with Gasteiger partial charge in [0.1, 0.15) is 24.4 Å². The molecule has 0 amide bonds. The second kappa shape index (κ2) is 5.97. The van der Waals surface area contributed by atoms with Crippen molar-refractivity contribution in [1.82, 2.24) is 4.98 Å². The topological polar surface area (TPSA) is 35.2 Å². The zero-order chi connectivity index (χ0) is 14.7. The van der Waals surface area contributed by atoms with Crippen LogP contribution in [0.1, 0.15) is 5.56 Å². The molecule has 0 bridgehead atoms. The number of benzene rings is 1. The highest BCUT2D eigenvalue weighted by Crippen LogP contribution is 2.25. The number of hydrogen-bond acceptors (Lipinski definition) is 3. The molecule has 0 radical (unpaired) electrons. The molecule has 0 unspecified atom stereocenters. The lowest BCUT2D eigenvalue weighted by Gasteiger charge is -2.07. The van der Waals surface area contributed by atoms with Gasteiger partial charge in [-0.05, 0) is 11.6 Å². The van der Waals surface area contributed by atoms with Gasteiger partial charge in [0, 0.05) is 16.9 Å². The average molecular weight is 302 g/mol. The predicted molar refractivity (Wildman–Crippen MR) is 80.2 cm³/mol. The molecule has 0 saturated heterocycles. The second-order valence-corrected chi connectivity index (χ2v) is 4.86. The van der Waals surface area contributed by atoms with E-state index in [1.165, 1.54) is 0 Å². The molecule has 0 aliphatic rings. The van der Waals surface area contributed by atoms with Crippen LogP contribution in [0.4, 0.5) is 0 Å². The minimum absolute atomic E-state index is 0.388. The summed E-state index contributed by atoms with van der Waals surface area (Å²) in [6, 6.07) is 15.4. The summed E-state index contributed by atoms with van der Waals surface area (Å²) < 4.78 is 7.51. The van der Waals surface area contributed by atoms with Crippen LogP contribution in [0.15, 0.2) is 54.7 Å². The first-order valence-corrected chi connectivity index (χ1v) is 6.88. The van der Waals surface area contributed by atoms with Crippen LogP contribution in [0.25, 0.3) is 11.0 Å². The Bertz CT molecular complexity index is 763. The molecule has 21 heavy (non-hydrogen) atoms. The summed E-state index contributed by atoms with van der Waals surface area (Å²) in [6.07, 6.45) is 1.80. The normalized spacial score (nSPS) is 10.6. The van der Waals surface area contributed by atoms with Crippen LogP contribution >= 0.6 is 11.6 Å². The van der Waals surface area contributed by atoms with Crippen molar-refractivity contribution in [3.63, 3.8) is 0 Å². The van der Waals surface area contributed by atoms with Crippen LogP contribution in [0.2, 0.25) is 5.15 Å². The minimum Gasteiger partial charge on any atom is -0.482 e. The Morgan fingerprint density at radius 2 is 1.95 bits per heavy atom. The van der Waals surface area contributed by atoms with Crippen LogP contribution in [-0.2, 0) is 6.61 Å². The predicted octanol–water partition coefficient (Wildman–Crippen LogP) is 2.81. The second-order valence-electron chi connectivity index (χ2n) is 4.47. The Labute approximate surface area is 127 Å². The van der Waals surface area contributed by atoms with Gasteiger partial charge in [-0.2, -0.15) is 0 Å². The minimum atomic E-state index is 0.388. The van der Waals surface area contributed by atoms with E-state index < -0.39 is 0 Å². The van der Waals surface area contributed by atoms with E-state index in [0.717, 1.165) is 16.6 Å². The van der Waals surface area contributed by atoms with Crippen LogP contribution in [0.5, 0.6) is 5.75 Å². The molecule has 5 heteroatoms. The van der Waals surface area contributed by atoms with E-state index in [0.29, 0.717) is 17.5 Å². The third-order valence-corrected chi connectivity index (χ3v) is 3.28. The van der Waals surface area contributed by atoms with E-state index in [4.69, 9.17) is 21.2 Å². The standard InChI is InChI=1S/C16H14ClN2O2/c1-20-19-9-5-8-13-16(19)14(10-15(17)18-13)21-11-12-6-3-2-4-7-12/h2-10H,11H2,1H3/q+1. The smallest absolute Gasteiger partial charge is 0.324 e. The molecule has 4 nitrogen and oxygen atoms in total. The van der Waals surface area contributed by atoms with Gasteiger partial charge in [0.15, 0.2) is 0 Å². The molecule has 3 rings (SSSR count). The average Bonchev–Trinajstić information content (AvgIpc) is 2.52. The summed E-state index contributed by atoms with van der Waals surface area (Å²) in [7, 11) is 1.59. The molecule has 0 fully saturated rings. The highest BCUT2D eigenvalue weighted by Gasteiger charge is 2.18. The number of fused-ring (bicyclic) bond motifs is 1. The van der Waals surface area contributed by atoms with E-state index in [2.05, 4.69) is 4.98 Å². The Morgan fingerprint density at radius 1 is 1.14 bits per heavy atom. The number of halogens is 1. The first kappa shape index (κ1) is 13.6. The summed E-state index contributed by atoms with van der Waals surface area (Å²) >= 11 is 6.06. The third-order valence-electron chi connectivity index (χ3n) is 3.08. The van der Waals surface area contributed by atoms with Gasteiger partial charge in [-0.1, -0.05) is 41.9 Å². The number of pyridine rings is 2.